The first kappa shape index (κ1) is 22.4. The van der Waals surface area contributed by atoms with Crippen LogP contribution in [-0.4, -0.2) is 30.5 Å². The molecule has 0 aliphatic rings. The Morgan fingerprint density at radius 3 is 2.20 bits per heavy atom. The van der Waals surface area contributed by atoms with Gasteiger partial charge in [0.1, 0.15) is 5.60 Å². The van der Waals surface area contributed by atoms with E-state index in [0.29, 0.717) is 17.7 Å². The maximum atomic E-state index is 13.3. The third-order valence-electron chi connectivity index (χ3n) is 6.17. The summed E-state index contributed by atoms with van der Waals surface area (Å²) >= 11 is 0. The van der Waals surface area contributed by atoms with Gasteiger partial charge in [0.25, 0.3) is 0 Å². The van der Waals surface area contributed by atoms with E-state index in [2.05, 4.69) is 20.3 Å². The van der Waals surface area contributed by atoms with Crippen LogP contribution in [0.1, 0.15) is 29.2 Å². The average molecular weight is 464 g/mol. The number of rotatable bonds is 8. The van der Waals surface area contributed by atoms with Crippen LogP contribution < -0.4 is 5.32 Å². The molecule has 3 heterocycles. The molecule has 2 aromatic carbocycles. The lowest BCUT2D eigenvalue weighted by Gasteiger charge is -2.37. The van der Waals surface area contributed by atoms with E-state index < -0.39 is 11.6 Å². The summed E-state index contributed by atoms with van der Waals surface area (Å²) in [5.74, 6) is -0.192. The topological polar surface area (TPSA) is 92.9 Å². The van der Waals surface area contributed by atoms with E-state index in [-0.39, 0.29) is 12.3 Å². The number of aromatic nitrogens is 4. The second-order valence-corrected chi connectivity index (χ2v) is 8.34. The minimum Gasteiger partial charge on any atom is -0.378 e. The molecule has 5 aromatic rings. The standard InChI is InChI=1S/C28H25N5O2/c34-26(14-17-33-20-31-24-12-4-5-13-25(24)33)32-27(21-8-2-1-3-9-21)28(35,22-10-6-15-29-18-22)23-11-7-16-30-19-23/h1-13,15-16,18-20,27,35H,14,17H2,(H,32,34)/t27-/m1/s1. The number of para-hydroxylation sites is 2. The SMILES string of the molecule is O=C(CCn1cnc2ccccc21)N[C@H](c1ccccc1)C(O)(c1cccnc1)c1cccnc1. The Kier molecular flexibility index (Phi) is 6.32. The summed E-state index contributed by atoms with van der Waals surface area (Å²) in [5.41, 5.74) is 2.15. The molecule has 7 nitrogen and oxygen atoms in total. The lowest BCUT2D eigenvalue weighted by atomic mass is 9.78. The van der Waals surface area contributed by atoms with Crippen LogP contribution in [0.4, 0.5) is 0 Å². The van der Waals surface area contributed by atoms with E-state index in [4.69, 9.17) is 0 Å². The molecule has 0 fully saturated rings. The Balaban J connectivity index is 1.48. The van der Waals surface area contributed by atoms with Crippen molar-refractivity contribution < 1.29 is 9.90 Å². The largest absolute Gasteiger partial charge is 0.378 e. The Labute approximate surface area is 203 Å². The first-order chi connectivity index (χ1) is 17.2. The highest BCUT2D eigenvalue weighted by molar-refractivity contribution is 5.78. The van der Waals surface area contributed by atoms with Gasteiger partial charge in [-0.05, 0) is 29.8 Å². The van der Waals surface area contributed by atoms with Crippen molar-refractivity contribution in [1.82, 2.24) is 24.8 Å². The number of nitrogens with one attached hydrogen (secondary N) is 1. The van der Waals surface area contributed by atoms with Crippen LogP contribution in [0.3, 0.4) is 0 Å². The number of aliphatic hydroxyl groups is 1. The van der Waals surface area contributed by atoms with Crippen molar-refractivity contribution in [3.05, 3.63) is 127 Å². The third kappa shape index (κ3) is 4.54. The number of carbonyl (C=O) groups excluding carboxylic acids is 1. The molecule has 0 radical (unpaired) electrons. The van der Waals surface area contributed by atoms with Gasteiger partial charge in [-0.15, -0.1) is 0 Å². The third-order valence-corrected chi connectivity index (χ3v) is 6.17. The zero-order valence-corrected chi connectivity index (χ0v) is 19.0. The normalized spacial score (nSPS) is 12.4. The van der Waals surface area contributed by atoms with Crippen molar-refractivity contribution in [2.75, 3.05) is 0 Å². The lowest BCUT2D eigenvalue weighted by molar-refractivity contribution is -0.124. The number of nitrogens with zero attached hydrogens (tertiary/aromatic N) is 4. The molecule has 3 aromatic heterocycles. The fourth-order valence-electron chi connectivity index (χ4n) is 4.39. The quantitative estimate of drug-likeness (QED) is 0.363. The van der Waals surface area contributed by atoms with E-state index >= 15 is 0 Å². The number of pyridine rings is 2. The minimum absolute atomic E-state index is 0.192. The first-order valence-corrected chi connectivity index (χ1v) is 11.4. The number of benzene rings is 2. The maximum Gasteiger partial charge on any atom is 0.222 e. The smallest absolute Gasteiger partial charge is 0.222 e. The average Bonchev–Trinajstić information content (AvgIpc) is 3.35. The summed E-state index contributed by atoms with van der Waals surface area (Å²) < 4.78 is 1.96. The number of amides is 1. The van der Waals surface area contributed by atoms with Crippen LogP contribution >= 0.6 is 0 Å². The number of imidazole rings is 1. The van der Waals surface area contributed by atoms with E-state index in [1.165, 1.54) is 0 Å². The molecule has 0 unspecified atom stereocenters. The van der Waals surface area contributed by atoms with Crippen LogP contribution in [0.25, 0.3) is 11.0 Å². The van der Waals surface area contributed by atoms with Crippen LogP contribution in [0, 0.1) is 0 Å². The molecule has 0 spiro atoms. The first-order valence-electron chi connectivity index (χ1n) is 11.4. The second kappa shape index (κ2) is 9.87. The Hall–Kier alpha value is -4.36. The molecular weight excluding hydrogens is 438 g/mol. The van der Waals surface area contributed by atoms with Crippen LogP contribution in [0.15, 0.2) is 110 Å². The predicted molar refractivity (Wildman–Crippen MR) is 133 cm³/mol. The van der Waals surface area contributed by atoms with Gasteiger partial charge in [-0.1, -0.05) is 54.6 Å². The van der Waals surface area contributed by atoms with E-state index in [1.807, 2.05) is 59.2 Å². The van der Waals surface area contributed by atoms with Gasteiger partial charge in [-0.25, -0.2) is 4.98 Å². The fraction of sp³-hybridized carbons (Fsp3) is 0.143. The monoisotopic (exact) mass is 463 g/mol. The van der Waals surface area contributed by atoms with Gasteiger partial charge in [0.15, 0.2) is 0 Å². The molecule has 0 saturated heterocycles. The van der Waals surface area contributed by atoms with Crippen LogP contribution in [0.5, 0.6) is 0 Å². The Morgan fingerprint density at radius 1 is 0.886 bits per heavy atom. The number of hydrogen-bond donors (Lipinski definition) is 2. The van der Waals surface area contributed by atoms with E-state index in [9.17, 15) is 9.90 Å². The number of carbonyl (C=O) groups is 1. The summed E-state index contributed by atoms with van der Waals surface area (Å²) in [6.45, 7) is 0.464. The molecule has 0 bridgehead atoms. The van der Waals surface area contributed by atoms with Gasteiger partial charge >= 0.3 is 0 Å². The summed E-state index contributed by atoms with van der Waals surface area (Å²) in [7, 11) is 0. The lowest BCUT2D eigenvalue weighted by Crippen LogP contribution is -2.45. The van der Waals surface area contributed by atoms with Crippen molar-refractivity contribution in [1.29, 1.82) is 0 Å². The van der Waals surface area contributed by atoms with Crippen molar-refractivity contribution >= 4 is 16.9 Å². The van der Waals surface area contributed by atoms with Gasteiger partial charge < -0.3 is 15.0 Å². The van der Waals surface area contributed by atoms with Gasteiger partial charge in [0.05, 0.1) is 23.4 Å². The highest BCUT2D eigenvalue weighted by Gasteiger charge is 2.42. The molecule has 5 rings (SSSR count). The van der Waals surface area contributed by atoms with E-state index in [0.717, 1.165) is 16.6 Å². The van der Waals surface area contributed by atoms with Gasteiger partial charge in [0, 0.05) is 48.9 Å². The highest BCUT2D eigenvalue weighted by Crippen LogP contribution is 2.40. The van der Waals surface area contributed by atoms with Gasteiger partial charge in [-0.2, -0.15) is 0 Å². The van der Waals surface area contributed by atoms with Crippen LogP contribution in [-0.2, 0) is 16.9 Å². The zero-order valence-electron chi connectivity index (χ0n) is 19.0. The molecule has 35 heavy (non-hydrogen) atoms. The fourth-order valence-corrected chi connectivity index (χ4v) is 4.39. The number of hydrogen-bond acceptors (Lipinski definition) is 5. The summed E-state index contributed by atoms with van der Waals surface area (Å²) in [6.07, 6.45) is 8.50. The molecule has 0 aliphatic carbocycles. The molecule has 1 atom stereocenters. The van der Waals surface area contributed by atoms with Gasteiger partial charge in [-0.3, -0.25) is 14.8 Å². The zero-order chi connectivity index (χ0) is 24.1. The maximum absolute atomic E-state index is 13.3. The Bertz CT molecular complexity index is 1370. The van der Waals surface area contributed by atoms with E-state index in [1.54, 1.807) is 55.4 Å². The summed E-state index contributed by atoms with van der Waals surface area (Å²) in [6, 6.07) is 23.7. The van der Waals surface area contributed by atoms with Crippen molar-refractivity contribution in [3.8, 4) is 0 Å². The molecule has 174 valence electrons. The molecule has 0 aliphatic heterocycles. The Morgan fingerprint density at radius 2 is 1.54 bits per heavy atom. The number of aryl methyl sites for hydroxylation is 1. The predicted octanol–water partition coefficient (Wildman–Crippen LogP) is 4.01. The molecule has 2 N–H and O–H groups in total. The second-order valence-electron chi connectivity index (χ2n) is 8.34. The molecule has 1 amide bonds. The summed E-state index contributed by atoms with van der Waals surface area (Å²) in [5, 5.41) is 15.4. The summed E-state index contributed by atoms with van der Waals surface area (Å²) in [4.78, 5) is 26.1. The molecular formula is C28H25N5O2. The highest BCUT2D eigenvalue weighted by atomic mass is 16.3. The van der Waals surface area contributed by atoms with Crippen molar-refractivity contribution in [2.45, 2.75) is 24.6 Å². The molecule has 0 saturated carbocycles. The van der Waals surface area contributed by atoms with Crippen LogP contribution in [0.2, 0.25) is 0 Å². The van der Waals surface area contributed by atoms with Crippen molar-refractivity contribution in [3.63, 3.8) is 0 Å². The van der Waals surface area contributed by atoms with Gasteiger partial charge in [0.2, 0.25) is 5.91 Å². The number of fused-ring (bicyclic) bond motifs is 1. The van der Waals surface area contributed by atoms with Crippen molar-refractivity contribution in [2.24, 2.45) is 0 Å². The molecule has 7 heteroatoms. The minimum atomic E-state index is -1.60.